The molecule has 1 fully saturated rings. The summed E-state index contributed by atoms with van der Waals surface area (Å²) in [7, 11) is 0. The van der Waals surface area contributed by atoms with E-state index in [0.29, 0.717) is 12.5 Å². The molecule has 4 heteroatoms. The Morgan fingerprint density at radius 1 is 1.29 bits per heavy atom. The van der Waals surface area contributed by atoms with Gasteiger partial charge in [-0.15, -0.1) is 0 Å². The summed E-state index contributed by atoms with van der Waals surface area (Å²) in [5.41, 5.74) is 0.200. The largest absolute Gasteiger partial charge is 0.508 e. The van der Waals surface area contributed by atoms with Crippen molar-refractivity contribution in [3.8, 4) is 11.5 Å². The van der Waals surface area contributed by atoms with Crippen LogP contribution < -0.4 is 0 Å². The fourth-order valence-corrected chi connectivity index (χ4v) is 2.91. The lowest BCUT2D eigenvalue weighted by atomic mass is 10.1. The molecule has 1 aromatic carbocycles. The normalized spacial score (nSPS) is 15.6. The highest BCUT2D eigenvalue weighted by Crippen LogP contribution is 2.29. The van der Waals surface area contributed by atoms with Crippen LogP contribution in [0.15, 0.2) is 18.2 Å². The van der Waals surface area contributed by atoms with Crippen LogP contribution in [-0.4, -0.2) is 33.6 Å². The highest BCUT2D eigenvalue weighted by atomic mass is 16.3. The second-order valence-electron chi connectivity index (χ2n) is 6.32. The Labute approximate surface area is 126 Å². The average molecular weight is 291 g/mol. The van der Waals surface area contributed by atoms with E-state index >= 15 is 0 Å². The maximum atomic E-state index is 12.8. The minimum Gasteiger partial charge on any atom is -0.508 e. The maximum absolute atomic E-state index is 12.8. The number of carbonyl (C=O) groups excluding carboxylic acids is 1. The number of aromatic hydroxyl groups is 2. The van der Waals surface area contributed by atoms with E-state index in [9.17, 15) is 15.0 Å². The number of hydrogen-bond acceptors (Lipinski definition) is 3. The number of carbonyl (C=O) groups is 1. The Kier molecular flexibility index (Phi) is 5.10. The lowest BCUT2D eigenvalue weighted by Gasteiger charge is -2.30. The summed E-state index contributed by atoms with van der Waals surface area (Å²) in [6.07, 6.45) is 5.32. The number of nitrogens with zero attached hydrogens (tertiary/aromatic N) is 1. The van der Waals surface area contributed by atoms with E-state index < -0.39 is 0 Å². The Hall–Kier alpha value is -1.71. The van der Waals surface area contributed by atoms with Crippen LogP contribution in [-0.2, 0) is 0 Å². The third kappa shape index (κ3) is 3.90. The standard InChI is InChI=1S/C17H25NO3/c1-12(2)9-10-18(13-5-3-4-6-13)17(21)15-11-14(19)7-8-16(15)20/h7-8,11-13,19-20H,3-6,9-10H2,1-2H3. The van der Waals surface area contributed by atoms with Crippen LogP contribution in [0.1, 0.15) is 56.3 Å². The van der Waals surface area contributed by atoms with Gasteiger partial charge in [0.1, 0.15) is 11.5 Å². The van der Waals surface area contributed by atoms with Gasteiger partial charge in [0.15, 0.2) is 0 Å². The zero-order valence-corrected chi connectivity index (χ0v) is 12.9. The molecule has 0 atom stereocenters. The van der Waals surface area contributed by atoms with Gasteiger partial charge in [-0.3, -0.25) is 4.79 Å². The summed E-state index contributed by atoms with van der Waals surface area (Å²) >= 11 is 0. The zero-order valence-electron chi connectivity index (χ0n) is 12.9. The second-order valence-corrected chi connectivity index (χ2v) is 6.32. The summed E-state index contributed by atoms with van der Waals surface area (Å²) in [5.74, 6) is 0.298. The number of phenols is 2. The van der Waals surface area contributed by atoms with E-state index in [1.165, 1.54) is 18.2 Å². The summed E-state index contributed by atoms with van der Waals surface area (Å²) < 4.78 is 0. The molecule has 1 saturated carbocycles. The fourth-order valence-electron chi connectivity index (χ4n) is 2.91. The van der Waals surface area contributed by atoms with Gasteiger partial charge in [0, 0.05) is 12.6 Å². The number of phenolic OH excluding ortho intramolecular Hbond substituents is 2. The van der Waals surface area contributed by atoms with Gasteiger partial charge >= 0.3 is 0 Å². The predicted molar refractivity (Wildman–Crippen MR) is 82.5 cm³/mol. The van der Waals surface area contributed by atoms with E-state index in [0.717, 1.165) is 32.1 Å². The van der Waals surface area contributed by atoms with Crippen LogP contribution in [0, 0.1) is 5.92 Å². The minimum absolute atomic E-state index is 0.00591. The molecule has 0 radical (unpaired) electrons. The van der Waals surface area contributed by atoms with E-state index in [-0.39, 0.29) is 29.0 Å². The summed E-state index contributed by atoms with van der Waals surface area (Å²) in [5, 5.41) is 19.5. The van der Waals surface area contributed by atoms with Crippen molar-refractivity contribution in [3.63, 3.8) is 0 Å². The number of amides is 1. The molecular weight excluding hydrogens is 266 g/mol. The molecular formula is C17H25NO3. The maximum Gasteiger partial charge on any atom is 0.257 e. The van der Waals surface area contributed by atoms with Crippen molar-refractivity contribution in [2.75, 3.05) is 6.54 Å². The van der Waals surface area contributed by atoms with Crippen LogP contribution in [0.25, 0.3) is 0 Å². The molecule has 0 saturated heterocycles. The van der Waals surface area contributed by atoms with Crippen LogP contribution in [0.5, 0.6) is 11.5 Å². The van der Waals surface area contributed by atoms with Gasteiger partial charge < -0.3 is 15.1 Å². The van der Waals surface area contributed by atoms with E-state index in [2.05, 4.69) is 13.8 Å². The monoisotopic (exact) mass is 291 g/mol. The summed E-state index contributed by atoms with van der Waals surface area (Å²) in [6.45, 7) is 4.99. The topological polar surface area (TPSA) is 60.8 Å². The highest BCUT2D eigenvalue weighted by molar-refractivity contribution is 5.97. The second kappa shape index (κ2) is 6.83. The first-order valence-electron chi connectivity index (χ1n) is 7.82. The van der Waals surface area contributed by atoms with Crippen molar-refractivity contribution in [1.29, 1.82) is 0 Å². The van der Waals surface area contributed by atoms with Gasteiger partial charge in [0.05, 0.1) is 5.56 Å². The molecule has 1 aliphatic carbocycles. The smallest absolute Gasteiger partial charge is 0.257 e. The number of benzene rings is 1. The quantitative estimate of drug-likeness (QED) is 0.816. The van der Waals surface area contributed by atoms with Crippen LogP contribution in [0.2, 0.25) is 0 Å². The van der Waals surface area contributed by atoms with Gasteiger partial charge in [-0.25, -0.2) is 0 Å². The van der Waals surface area contributed by atoms with E-state index in [1.54, 1.807) is 0 Å². The van der Waals surface area contributed by atoms with Gasteiger partial charge in [-0.05, 0) is 43.4 Å². The van der Waals surface area contributed by atoms with Gasteiger partial charge in [0.25, 0.3) is 5.91 Å². The molecule has 1 amide bonds. The van der Waals surface area contributed by atoms with Crippen LogP contribution >= 0.6 is 0 Å². The van der Waals surface area contributed by atoms with Crippen molar-refractivity contribution in [2.45, 2.75) is 52.0 Å². The molecule has 0 spiro atoms. The third-order valence-electron chi connectivity index (χ3n) is 4.18. The van der Waals surface area contributed by atoms with Gasteiger partial charge in [-0.1, -0.05) is 26.7 Å². The number of rotatable bonds is 5. The van der Waals surface area contributed by atoms with Crippen molar-refractivity contribution in [2.24, 2.45) is 5.92 Å². The lowest BCUT2D eigenvalue weighted by molar-refractivity contribution is 0.0668. The average Bonchev–Trinajstić information content (AvgIpc) is 2.95. The van der Waals surface area contributed by atoms with Crippen molar-refractivity contribution < 1.29 is 15.0 Å². The number of hydrogen-bond donors (Lipinski definition) is 2. The fraction of sp³-hybridized carbons (Fsp3) is 0.588. The molecule has 0 aliphatic heterocycles. The molecule has 0 unspecified atom stereocenters. The summed E-state index contributed by atoms with van der Waals surface area (Å²) in [4.78, 5) is 14.7. The molecule has 4 nitrogen and oxygen atoms in total. The van der Waals surface area contributed by atoms with E-state index in [4.69, 9.17) is 0 Å². The Balaban J connectivity index is 2.21. The molecule has 21 heavy (non-hydrogen) atoms. The highest BCUT2D eigenvalue weighted by Gasteiger charge is 2.28. The van der Waals surface area contributed by atoms with Crippen molar-refractivity contribution in [1.82, 2.24) is 4.90 Å². The van der Waals surface area contributed by atoms with Crippen LogP contribution in [0.3, 0.4) is 0 Å². The molecule has 1 aromatic rings. The summed E-state index contributed by atoms with van der Waals surface area (Å²) in [6, 6.07) is 4.38. The first-order valence-corrected chi connectivity index (χ1v) is 7.82. The van der Waals surface area contributed by atoms with Gasteiger partial charge in [-0.2, -0.15) is 0 Å². The molecule has 1 aliphatic rings. The van der Waals surface area contributed by atoms with Crippen LogP contribution in [0.4, 0.5) is 0 Å². The first kappa shape index (κ1) is 15.7. The molecule has 0 aromatic heterocycles. The molecule has 2 N–H and O–H groups in total. The third-order valence-corrected chi connectivity index (χ3v) is 4.18. The van der Waals surface area contributed by atoms with Crippen molar-refractivity contribution in [3.05, 3.63) is 23.8 Å². The predicted octanol–water partition coefficient (Wildman–Crippen LogP) is 3.53. The Morgan fingerprint density at radius 3 is 2.57 bits per heavy atom. The SMILES string of the molecule is CC(C)CCN(C(=O)c1cc(O)ccc1O)C1CCCC1. The van der Waals surface area contributed by atoms with E-state index in [1.807, 2.05) is 4.90 Å². The molecule has 2 rings (SSSR count). The first-order chi connectivity index (χ1) is 9.99. The molecule has 116 valence electrons. The molecule has 0 heterocycles. The Morgan fingerprint density at radius 2 is 1.95 bits per heavy atom. The minimum atomic E-state index is -0.170. The Bertz CT molecular complexity index is 493. The van der Waals surface area contributed by atoms with Crippen molar-refractivity contribution >= 4 is 5.91 Å². The van der Waals surface area contributed by atoms with Gasteiger partial charge in [0.2, 0.25) is 0 Å². The zero-order chi connectivity index (χ0) is 15.4. The molecule has 0 bridgehead atoms. The lowest BCUT2D eigenvalue weighted by Crippen LogP contribution is -2.40.